The van der Waals surface area contributed by atoms with Gasteiger partial charge in [0.2, 0.25) is 0 Å². The van der Waals surface area contributed by atoms with E-state index in [1.807, 2.05) is 7.05 Å². The zero-order valence-electron chi connectivity index (χ0n) is 10.1. The first-order valence-corrected chi connectivity index (χ1v) is 6.13. The van der Waals surface area contributed by atoms with E-state index < -0.39 is 0 Å². The maximum atomic E-state index is 5.68. The number of aryl methyl sites for hydroxylation is 2. The first kappa shape index (κ1) is 12.1. The molecule has 0 saturated heterocycles. The molecule has 0 spiro atoms. The maximum Gasteiger partial charge on any atom is 0.162 e. The van der Waals surface area contributed by atoms with Crippen molar-refractivity contribution in [2.24, 2.45) is 12.9 Å². The standard InChI is InChI=1S/C11H16N4OS/c1-7-4-5-17-11(7)9(14-12)10-8(16-3)6-13-15(10)2/h4-6,9,14H,12H2,1-3H3. The maximum absolute atomic E-state index is 5.68. The van der Waals surface area contributed by atoms with Crippen LogP contribution in [0.1, 0.15) is 22.2 Å². The van der Waals surface area contributed by atoms with Gasteiger partial charge in [-0.1, -0.05) is 0 Å². The molecule has 0 amide bonds. The van der Waals surface area contributed by atoms with Crippen molar-refractivity contribution in [3.05, 3.63) is 33.8 Å². The summed E-state index contributed by atoms with van der Waals surface area (Å²) in [5.41, 5.74) is 4.97. The molecular weight excluding hydrogens is 236 g/mol. The van der Waals surface area contributed by atoms with Crippen LogP contribution in [0.3, 0.4) is 0 Å². The molecule has 1 unspecified atom stereocenters. The molecule has 5 nitrogen and oxygen atoms in total. The van der Waals surface area contributed by atoms with Crippen LogP contribution < -0.4 is 16.0 Å². The van der Waals surface area contributed by atoms with Crippen LogP contribution >= 0.6 is 11.3 Å². The van der Waals surface area contributed by atoms with Crippen LogP contribution in [0.4, 0.5) is 0 Å². The Balaban J connectivity index is 2.49. The van der Waals surface area contributed by atoms with Crippen LogP contribution in [-0.4, -0.2) is 16.9 Å². The van der Waals surface area contributed by atoms with E-state index in [1.54, 1.807) is 29.3 Å². The van der Waals surface area contributed by atoms with Crippen molar-refractivity contribution in [2.75, 3.05) is 7.11 Å². The number of rotatable bonds is 4. The van der Waals surface area contributed by atoms with E-state index in [-0.39, 0.29) is 6.04 Å². The summed E-state index contributed by atoms with van der Waals surface area (Å²) < 4.78 is 7.09. The lowest BCUT2D eigenvalue weighted by atomic mass is 10.1. The highest BCUT2D eigenvalue weighted by atomic mass is 32.1. The highest BCUT2D eigenvalue weighted by Crippen LogP contribution is 2.33. The molecule has 0 aromatic carbocycles. The zero-order valence-corrected chi connectivity index (χ0v) is 10.9. The molecule has 0 aliphatic heterocycles. The molecular formula is C11H16N4OS. The van der Waals surface area contributed by atoms with Gasteiger partial charge in [0.1, 0.15) is 11.7 Å². The average molecular weight is 252 g/mol. The molecule has 3 N–H and O–H groups in total. The largest absolute Gasteiger partial charge is 0.493 e. The highest BCUT2D eigenvalue weighted by molar-refractivity contribution is 7.10. The molecule has 0 aliphatic rings. The lowest BCUT2D eigenvalue weighted by molar-refractivity contribution is 0.401. The zero-order chi connectivity index (χ0) is 12.4. The van der Waals surface area contributed by atoms with Crippen molar-refractivity contribution in [2.45, 2.75) is 13.0 Å². The summed E-state index contributed by atoms with van der Waals surface area (Å²) in [5, 5.41) is 6.25. The molecule has 92 valence electrons. The van der Waals surface area contributed by atoms with E-state index in [2.05, 4.69) is 28.9 Å². The number of hydrogen-bond donors (Lipinski definition) is 2. The van der Waals surface area contributed by atoms with E-state index in [4.69, 9.17) is 10.6 Å². The number of nitrogens with one attached hydrogen (secondary N) is 1. The molecule has 2 aromatic rings. The second-order valence-corrected chi connectivity index (χ2v) is 4.74. The van der Waals surface area contributed by atoms with Crippen LogP contribution in [0.25, 0.3) is 0 Å². The van der Waals surface area contributed by atoms with Crippen LogP contribution in [-0.2, 0) is 7.05 Å². The molecule has 0 bridgehead atoms. The topological polar surface area (TPSA) is 65.1 Å². The van der Waals surface area contributed by atoms with E-state index in [9.17, 15) is 0 Å². The van der Waals surface area contributed by atoms with Crippen molar-refractivity contribution in [3.63, 3.8) is 0 Å². The third-order valence-electron chi connectivity index (χ3n) is 2.77. The van der Waals surface area contributed by atoms with Gasteiger partial charge in [-0.05, 0) is 23.9 Å². The third kappa shape index (κ3) is 2.06. The van der Waals surface area contributed by atoms with Crippen LogP contribution in [0.15, 0.2) is 17.6 Å². The van der Waals surface area contributed by atoms with E-state index in [0.29, 0.717) is 0 Å². The van der Waals surface area contributed by atoms with Gasteiger partial charge in [-0.15, -0.1) is 11.3 Å². The number of nitrogens with two attached hydrogens (primary N) is 1. The van der Waals surface area contributed by atoms with Gasteiger partial charge in [-0.3, -0.25) is 10.5 Å². The molecule has 2 aromatic heterocycles. The lowest BCUT2D eigenvalue weighted by Gasteiger charge is -2.17. The van der Waals surface area contributed by atoms with Crippen molar-refractivity contribution in [1.29, 1.82) is 0 Å². The number of methoxy groups -OCH3 is 1. The van der Waals surface area contributed by atoms with Crippen LogP contribution in [0.5, 0.6) is 5.75 Å². The van der Waals surface area contributed by atoms with Gasteiger partial charge in [-0.25, -0.2) is 5.43 Å². The van der Waals surface area contributed by atoms with Crippen molar-refractivity contribution in [3.8, 4) is 5.75 Å². The van der Waals surface area contributed by atoms with Gasteiger partial charge in [0, 0.05) is 11.9 Å². The highest BCUT2D eigenvalue weighted by Gasteiger charge is 2.23. The quantitative estimate of drug-likeness (QED) is 0.637. The van der Waals surface area contributed by atoms with Crippen LogP contribution in [0, 0.1) is 6.92 Å². The fraction of sp³-hybridized carbons (Fsp3) is 0.364. The summed E-state index contributed by atoms with van der Waals surface area (Å²) in [6, 6.07) is 1.98. The summed E-state index contributed by atoms with van der Waals surface area (Å²) >= 11 is 1.67. The molecule has 17 heavy (non-hydrogen) atoms. The number of thiophene rings is 1. The minimum Gasteiger partial charge on any atom is -0.493 e. The van der Waals surface area contributed by atoms with Gasteiger partial charge < -0.3 is 4.74 Å². The molecule has 6 heteroatoms. The fourth-order valence-corrected chi connectivity index (χ4v) is 2.86. The molecule has 1 atom stereocenters. The number of aromatic nitrogens is 2. The SMILES string of the molecule is COc1cnn(C)c1C(NN)c1sccc1C. The van der Waals surface area contributed by atoms with Crippen molar-refractivity contribution >= 4 is 11.3 Å². The summed E-state index contributed by atoms with van der Waals surface area (Å²) in [6.07, 6.45) is 1.70. The van der Waals surface area contributed by atoms with Crippen molar-refractivity contribution in [1.82, 2.24) is 15.2 Å². The lowest BCUT2D eigenvalue weighted by Crippen LogP contribution is -2.30. The predicted octanol–water partition coefficient (Wildman–Crippen LogP) is 1.35. The van der Waals surface area contributed by atoms with Crippen LogP contribution in [0.2, 0.25) is 0 Å². The summed E-state index contributed by atoms with van der Waals surface area (Å²) in [5.74, 6) is 6.42. The normalized spacial score (nSPS) is 12.7. The van der Waals surface area contributed by atoms with E-state index in [0.717, 1.165) is 11.4 Å². The monoisotopic (exact) mass is 252 g/mol. The van der Waals surface area contributed by atoms with Gasteiger partial charge in [0.25, 0.3) is 0 Å². The van der Waals surface area contributed by atoms with Gasteiger partial charge in [0.15, 0.2) is 5.75 Å². The number of hydrogen-bond acceptors (Lipinski definition) is 5. The Labute approximate surface area is 104 Å². The average Bonchev–Trinajstić information content (AvgIpc) is 2.89. The number of hydrazine groups is 1. The smallest absolute Gasteiger partial charge is 0.162 e. The van der Waals surface area contributed by atoms with Gasteiger partial charge in [-0.2, -0.15) is 5.10 Å². The Morgan fingerprint density at radius 3 is 2.88 bits per heavy atom. The minimum atomic E-state index is -0.0996. The first-order chi connectivity index (χ1) is 8.19. The summed E-state index contributed by atoms with van der Waals surface area (Å²) in [6.45, 7) is 2.07. The molecule has 2 rings (SSSR count). The Morgan fingerprint density at radius 1 is 1.59 bits per heavy atom. The number of ether oxygens (including phenoxy) is 1. The van der Waals surface area contributed by atoms with Gasteiger partial charge >= 0.3 is 0 Å². The second kappa shape index (κ2) is 4.87. The second-order valence-electron chi connectivity index (χ2n) is 3.79. The molecule has 0 fully saturated rings. The Bertz CT molecular complexity index is 505. The minimum absolute atomic E-state index is 0.0996. The Hall–Kier alpha value is -1.37. The molecule has 2 heterocycles. The van der Waals surface area contributed by atoms with Crippen molar-refractivity contribution < 1.29 is 4.74 Å². The van der Waals surface area contributed by atoms with Gasteiger partial charge in [0.05, 0.1) is 13.3 Å². The molecule has 0 radical (unpaired) electrons. The molecule has 0 aliphatic carbocycles. The third-order valence-corrected chi connectivity index (χ3v) is 3.86. The Morgan fingerprint density at radius 2 is 2.35 bits per heavy atom. The first-order valence-electron chi connectivity index (χ1n) is 5.25. The van der Waals surface area contributed by atoms with E-state index >= 15 is 0 Å². The molecule has 0 saturated carbocycles. The Kier molecular flexibility index (Phi) is 3.46. The predicted molar refractivity (Wildman–Crippen MR) is 68.0 cm³/mol. The summed E-state index contributed by atoms with van der Waals surface area (Å²) in [4.78, 5) is 1.18. The summed E-state index contributed by atoms with van der Waals surface area (Å²) in [7, 11) is 3.51. The van der Waals surface area contributed by atoms with E-state index in [1.165, 1.54) is 10.4 Å². The fourth-order valence-electron chi connectivity index (χ4n) is 1.87. The number of nitrogens with zero attached hydrogens (tertiary/aromatic N) is 2.